The van der Waals surface area contributed by atoms with Crippen molar-refractivity contribution in [2.75, 3.05) is 43.0 Å². The molecule has 1 aliphatic rings. The molecule has 2 aromatic rings. The number of methoxy groups -OCH3 is 2. The van der Waals surface area contributed by atoms with E-state index in [2.05, 4.69) is 5.32 Å². The van der Waals surface area contributed by atoms with Crippen molar-refractivity contribution in [1.29, 1.82) is 0 Å². The lowest BCUT2D eigenvalue weighted by molar-refractivity contribution is -0.125. The van der Waals surface area contributed by atoms with Gasteiger partial charge in [0.25, 0.3) is 5.91 Å². The Labute approximate surface area is 184 Å². The quantitative estimate of drug-likeness (QED) is 0.626. The van der Waals surface area contributed by atoms with E-state index < -0.39 is 6.10 Å². The molecule has 0 saturated heterocycles. The first kappa shape index (κ1) is 22.5. The summed E-state index contributed by atoms with van der Waals surface area (Å²) in [5, 5.41) is 2.77. The number of ether oxygens (including phenoxy) is 3. The van der Waals surface area contributed by atoms with Crippen molar-refractivity contribution in [2.24, 2.45) is 0 Å². The van der Waals surface area contributed by atoms with Gasteiger partial charge in [-0.3, -0.25) is 14.4 Å². The molecule has 0 saturated carbocycles. The van der Waals surface area contributed by atoms with Crippen LogP contribution in [0.4, 0.5) is 11.4 Å². The van der Waals surface area contributed by atoms with Gasteiger partial charge in [-0.05, 0) is 37.3 Å². The van der Waals surface area contributed by atoms with Crippen LogP contribution >= 0.6 is 11.8 Å². The SMILES string of the molecule is COc1ccc(NC(=O)CSCC(=O)c2ccc3c(c2)N(C)C(=O)C(C)O3)cc1OC. The molecule has 0 radical (unpaired) electrons. The lowest BCUT2D eigenvalue weighted by Gasteiger charge is -2.30. The maximum atomic E-state index is 12.5. The van der Waals surface area contributed by atoms with E-state index in [-0.39, 0.29) is 29.1 Å². The van der Waals surface area contributed by atoms with Crippen molar-refractivity contribution in [3.8, 4) is 17.2 Å². The molecule has 3 rings (SSSR count). The minimum atomic E-state index is -0.557. The summed E-state index contributed by atoms with van der Waals surface area (Å²) >= 11 is 1.21. The summed E-state index contributed by atoms with van der Waals surface area (Å²) in [6, 6.07) is 10.1. The number of carbonyl (C=O) groups excluding carboxylic acids is 3. The van der Waals surface area contributed by atoms with E-state index in [0.717, 1.165) is 0 Å². The average molecular weight is 445 g/mol. The van der Waals surface area contributed by atoms with Crippen LogP contribution < -0.4 is 24.4 Å². The van der Waals surface area contributed by atoms with E-state index in [1.165, 1.54) is 30.9 Å². The molecule has 0 bridgehead atoms. The second-order valence-corrected chi connectivity index (χ2v) is 7.86. The molecule has 2 aromatic carbocycles. The van der Waals surface area contributed by atoms with Crippen molar-refractivity contribution in [2.45, 2.75) is 13.0 Å². The summed E-state index contributed by atoms with van der Waals surface area (Å²) in [5.74, 6) is 1.35. The van der Waals surface area contributed by atoms with Crippen molar-refractivity contribution in [1.82, 2.24) is 0 Å². The number of hydrogen-bond acceptors (Lipinski definition) is 7. The molecule has 31 heavy (non-hydrogen) atoms. The smallest absolute Gasteiger partial charge is 0.267 e. The van der Waals surface area contributed by atoms with Crippen LogP contribution in [0.25, 0.3) is 0 Å². The van der Waals surface area contributed by atoms with Crippen molar-refractivity contribution in [3.05, 3.63) is 42.0 Å². The molecule has 9 heteroatoms. The molecule has 164 valence electrons. The molecule has 1 N–H and O–H groups in total. The third-order valence-electron chi connectivity index (χ3n) is 4.76. The lowest BCUT2D eigenvalue weighted by Crippen LogP contribution is -2.42. The Kier molecular flexibility index (Phi) is 7.06. The van der Waals surface area contributed by atoms with Gasteiger partial charge in [0.15, 0.2) is 23.4 Å². The Morgan fingerprint density at radius 1 is 1.10 bits per heavy atom. The van der Waals surface area contributed by atoms with Crippen LogP contribution in [-0.4, -0.2) is 56.5 Å². The predicted molar refractivity (Wildman–Crippen MR) is 120 cm³/mol. The summed E-state index contributed by atoms with van der Waals surface area (Å²) in [4.78, 5) is 38.3. The molecule has 0 aromatic heterocycles. The van der Waals surface area contributed by atoms with Crippen LogP contribution in [0.5, 0.6) is 17.2 Å². The van der Waals surface area contributed by atoms with Gasteiger partial charge in [-0.1, -0.05) is 0 Å². The highest BCUT2D eigenvalue weighted by Crippen LogP contribution is 2.34. The van der Waals surface area contributed by atoms with E-state index in [0.29, 0.717) is 34.2 Å². The number of anilines is 2. The van der Waals surface area contributed by atoms with Gasteiger partial charge in [0.1, 0.15) is 5.75 Å². The standard InChI is InChI=1S/C22H24N2O6S/c1-13-22(27)24(2)16-9-14(5-7-18(16)30-13)17(25)11-31-12-21(26)23-15-6-8-19(28-3)20(10-15)29-4/h5-10,13H,11-12H2,1-4H3,(H,23,26). The van der Waals surface area contributed by atoms with Crippen molar-refractivity contribution < 1.29 is 28.6 Å². The molecule has 0 fully saturated rings. The lowest BCUT2D eigenvalue weighted by atomic mass is 10.1. The highest BCUT2D eigenvalue weighted by atomic mass is 32.2. The van der Waals surface area contributed by atoms with Gasteiger partial charge in [-0.15, -0.1) is 11.8 Å². The van der Waals surface area contributed by atoms with E-state index in [1.807, 2.05) is 0 Å². The summed E-state index contributed by atoms with van der Waals surface area (Å²) < 4.78 is 16.0. The number of hydrogen-bond donors (Lipinski definition) is 1. The zero-order chi connectivity index (χ0) is 22.5. The molecule has 2 amide bonds. The minimum absolute atomic E-state index is 0.115. The maximum Gasteiger partial charge on any atom is 0.267 e. The fourth-order valence-electron chi connectivity index (χ4n) is 3.12. The summed E-state index contributed by atoms with van der Waals surface area (Å²) in [6.07, 6.45) is -0.557. The number of nitrogens with zero attached hydrogens (tertiary/aromatic N) is 1. The number of amides is 2. The molecule has 8 nitrogen and oxygen atoms in total. The Hall–Kier alpha value is -3.20. The minimum Gasteiger partial charge on any atom is -0.493 e. The molecule has 1 aliphatic heterocycles. The number of carbonyl (C=O) groups is 3. The zero-order valence-electron chi connectivity index (χ0n) is 17.8. The first-order chi connectivity index (χ1) is 14.8. The van der Waals surface area contributed by atoms with E-state index in [1.54, 1.807) is 50.4 Å². The number of fused-ring (bicyclic) bond motifs is 1. The van der Waals surface area contributed by atoms with Gasteiger partial charge >= 0.3 is 0 Å². The van der Waals surface area contributed by atoms with E-state index >= 15 is 0 Å². The number of rotatable bonds is 8. The summed E-state index contributed by atoms with van der Waals surface area (Å²) in [7, 11) is 4.71. The van der Waals surface area contributed by atoms with Gasteiger partial charge < -0.3 is 24.4 Å². The predicted octanol–water partition coefficient (Wildman–Crippen LogP) is 3.00. The van der Waals surface area contributed by atoms with Crippen molar-refractivity contribution in [3.63, 3.8) is 0 Å². The molecular formula is C22H24N2O6S. The van der Waals surface area contributed by atoms with Crippen LogP contribution in [0, 0.1) is 0 Å². The number of benzene rings is 2. The third-order valence-corrected chi connectivity index (χ3v) is 5.69. The van der Waals surface area contributed by atoms with Gasteiger partial charge in [0.2, 0.25) is 5.91 Å². The molecule has 1 heterocycles. The Morgan fingerprint density at radius 2 is 1.84 bits per heavy atom. The average Bonchev–Trinajstić information content (AvgIpc) is 2.77. The van der Waals surface area contributed by atoms with Crippen LogP contribution in [0.3, 0.4) is 0 Å². The maximum absolute atomic E-state index is 12.5. The number of likely N-dealkylation sites (N-methyl/N-ethyl adjacent to an activating group) is 1. The van der Waals surface area contributed by atoms with Crippen molar-refractivity contribution >= 4 is 40.7 Å². The monoisotopic (exact) mass is 444 g/mol. The second-order valence-electron chi connectivity index (χ2n) is 6.87. The topological polar surface area (TPSA) is 94.2 Å². The summed E-state index contributed by atoms with van der Waals surface area (Å²) in [6.45, 7) is 1.69. The zero-order valence-corrected chi connectivity index (χ0v) is 18.6. The first-order valence-corrected chi connectivity index (χ1v) is 10.7. The van der Waals surface area contributed by atoms with Gasteiger partial charge in [0.05, 0.1) is 31.4 Å². The Balaban J connectivity index is 1.55. The fraction of sp³-hybridized carbons (Fsp3) is 0.318. The highest BCUT2D eigenvalue weighted by molar-refractivity contribution is 8.00. The highest BCUT2D eigenvalue weighted by Gasteiger charge is 2.29. The number of Topliss-reactive ketones (excluding diaryl/α,β-unsaturated/α-hetero) is 1. The largest absolute Gasteiger partial charge is 0.493 e. The molecular weight excluding hydrogens is 420 g/mol. The molecule has 1 unspecified atom stereocenters. The van der Waals surface area contributed by atoms with Gasteiger partial charge in [-0.2, -0.15) is 0 Å². The molecule has 0 spiro atoms. The number of ketones is 1. The second kappa shape index (κ2) is 9.74. The molecule has 1 atom stereocenters. The van der Waals surface area contributed by atoms with Crippen LogP contribution in [0.1, 0.15) is 17.3 Å². The number of nitrogens with one attached hydrogen (secondary N) is 1. The molecule has 0 aliphatic carbocycles. The summed E-state index contributed by atoms with van der Waals surface area (Å²) in [5.41, 5.74) is 1.60. The van der Waals surface area contributed by atoms with Gasteiger partial charge in [-0.25, -0.2) is 0 Å². The third kappa shape index (κ3) is 5.11. The first-order valence-electron chi connectivity index (χ1n) is 9.55. The Morgan fingerprint density at radius 3 is 2.55 bits per heavy atom. The van der Waals surface area contributed by atoms with Crippen LogP contribution in [-0.2, 0) is 9.59 Å². The number of thioether (sulfide) groups is 1. The van der Waals surface area contributed by atoms with Crippen LogP contribution in [0.15, 0.2) is 36.4 Å². The normalized spacial score (nSPS) is 15.0. The van der Waals surface area contributed by atoms with Gasteiger partial charge in [0, 0.05) is 24.4 Å². The fourth-order valence-corrected chi connectivity index (χ4v) is 3.83. The Bertz CT molecular complexity index is 1010. The van der Waals surface area contributed by atoms with Crippen LogP contribution in [0.2, 0.25) is 0 Å². The van der Waals surface area contributed by atoms with E-state index in [4.69, 9.17) is 14.2 Å². The van der Waals surface area contributed by atoms with E-state index in [9.17, 15) is 14.4 Å².